The highest BCUT2D eigenvalue weighted by atomic mass is 19.1. The molecule has 0 aromatic heterocycles. The van der Waals surface area contributed by atoms with Gasteiger partial charge in [-0.15, -0.1) is 0 Å². The molecule has 7 nitrogen and oxygen atoms in total. The molecule has 0 radical (unpaired) electrons. The summed E-state index contributed by atoms with van der Waals surface area (Å²) in [5, 5.41) is 6.65. The van der Waals surface area contributed by atoms with Crippen LogP contribution in [0, 0.1) is 11.6 Å². The second kappa shape index (κ2) is 10.9. The molecule has 2 aromatic carbocycles. The second-order valence-electron chi connectivity index (χ2n) is 7.40. The van der Waals surface area contributed by atoms with Gasteiger partial charge in [0.05, 0.1) is 33.6 Å². The molecule has 1 aliphatic rings. The number of rotatable bonds is 8. The average Bonchev–Trinajstić information content (AvgIpc) is 3.24. The van der Waals surface area contributed by atoms with Gasteiger partial charge in [0.2, 0.25) is 5.75 Å². The molecule has 1 unspecified atom stereocenters. The number of methoxy groups -OCH3 is 3. The number of hydrogen-bond acceptors (Lipinski definition) is 5. The van der Waals surface area contributed by atoms with E-state index in [4.69, 9.17) is 14.2 Å². The Morgan fingerprint density at radius 1 is 1.09 bits per heavy atom. The van der Waals surface area contributed by atoms with Crippen LogP contribution in [0.2, 0.25) is 0 Å². The number of anilines is 1. The van der Waals surface area contributed by atoms with Gasteiger partial charge in [0.25, 0.3) is 0 Å². The van der Waals surface area contributed by atoms with E-state index >= 15 is 0 Å². The maximum Gasteiger partial charge on any atom is 0.203 e. The number of benzene rings is 2. The van der Waals surface area contributed by atoms with Crippen molar-refractivity contribution in [2.75, 3.05) is 45.9 Å². The van der Waals surface area contributed by atoms with Crippen molar-refractivity contribution in [1.29, 1.82) is 0 Å². The van der Waals surface area contributed by atoms with E-state index in [-0.39, 0.29) is 6.04 Å². The molecule has 2 N–H and O–H groups in total. The Bertz CT molecular complexity index is 930. The summed E-state index contributed by atoms with van der Waals surface area (Å²) < 4.78 is 43.5. The third-order valence-corrected chi connectivity index (χ3v) is 5.27. The lowest BCUT2D eigenvalue weighted by Crippen LogP contribution is -2.44. The number of nitrogens with zero attached hydrogens (tertiary/aromatic N) is 2. The number of halogens is 2. The predicted molar refractivity (Wildman–Crippen MR) is 121 cm³/mol. The number of aliphatic imine (C=N–C) groups is 1. The SMILES string of the molecule is CCNC(=NCc1cc(OC)c(OC)c(OC)c1)NC1CCN(c2ccc(F)cc2F)C1. The van der Waals surface area contributed by atoms with Crippen LogP contribution in [0.5, 0.6) is 17.2 Å². The Morgan fingerprint density at radius 2 is 1.81 bits per heavy atom. The number of nitrogens with one attached hydrogen (secondary N) is 2. The summed E-state index contributed by atoms with van der Waals surface area (Å²) in [4.78, 5) is 6.59. The Balaban J connectivity index is 1.69. The zero-order valence-electron chi connectivity index (χ0n) is 18.9. The van der Waals surface area contributed by atoms with E-state index in [1.165, 1.54) is 12.1 Å². The molecule has 9 heteroatoms. The summed E-state index contributed by atoms with van der Waals surface area (Å²) in [6, 6.07) is 7.49. The zero-order valence-corrected chi connectivity index (χ0v) is 18.9. The fraction of sp³-hybridized carbons (Fsp3) is 0.435. The van der Waals surface area contributed by atoms with Gasteiger partial charge in [-0.3, -0.25) is 0 Å². The maximum atomic E-state index is 14.1. The van der Waals surface area contributed by atoms with Crippen LogP contribution in [-0.4, -0.2) is 53.0 Å². The normalized spacial score (nSPS) is 16.1. The molecule has 32 heavy (non-hydrogen) atoms. The number of ether oxygens (including phenoxy) is 3. The highest BCUT2D eigenvalue weighted by Crippen LogP contribution is 2.38. The largest absolute Gasteiger partial charge is 0.493 e. The lowest BCUT2D eigenvalue weighted by molar-refractivity contribution is 0.324. The van der Waals surface area contributed by atoms with Crippen molar-refractivity contribution in [1.82, 2.24) is 10.6 Å². The van der Waals surface area contributed by atoms with Crippen LogP contribution >= 0.6 is 0 Å². The topological polar surface area (TPSA) is 67.4 Å². The van der Waals surface area contributed by atoms with Gasteiger partial charge in [0.15, 0.2) is 17.5 Å². The van der Waals surface area contributed by atoms with E-state index in [0.29, 0.717) is 55.1 Å². The maximum absolute atomic E-state index is 14.1. The summed E-state index contributed by atoms with van der Waals surface area (Å²) >= 11 is 0. The summed E-state index contributed by atoms with van der Waals surface area (Å²) in [7, 11) is 4.71. The van der Waals surface area contributed by atoms with Crippen molar-refractivity contribution in [3.63, 3.8) is 0 Å². The first-order chi connectivity index (χ1) is 15.5. The van der Waals surface area contributed by atoms with Crippen LogP contribution in [0.25, 0.3) is 0 Å². The van der Waals surface area contributed by atoms with Crippen molar-refractivity contribution in [2.24, 2.45) is 4.99 Å². The van der Waals surface area contributed by atoms with E-state index in [2.05, 4.69) is 15.6 Å². The number of guanidine groups is 1. The predicted octanol–water partition coefficient (Wildman–Crippen LogP) is 3.32. The molecule has 3 rings (SSSR count). The van der Waals surface area contributed by atoms with Gasteiger partial charge in [-0.1, -0.05) is 0 Å². The number of hydrogen-bond donors (Lipinski definition) is 2. The molecular formula is C23H30F2N4O3. The first-order valence-electron chi connectivity index (χ1n) is 10.5. The van der Waals surface area contributed by atoms with Gasteiger partial charge in [-0.05, 0) is 43.2 Å². The van der Waals surface area contributed by atoms with Gasteiger partial charge in [0, 0.05) is 31.7 Å². The fourth-order valence-corrected chi connectivity index (χ4v) is 3.75. The van der Waals surface area contributed by atoms with Crippen LogP contribution in [0.4, 0.5) is 14.5 Å². The monoisotopic (exact) mass is 448 g/mol. The molecule has 2 aromatic rings. The molecule has 0 spiro atoms. The Labute approximate surface area is 187 Å². The van der Waals surface area contributed by atoms with Crippen LogP contribution in [0.15, 0.2) is 35.3 Å². The molecule has 174 valence electrons. The van der Waals surface area contributed by atoms with Gasteiger partial charge < -0.3 is 29.7 Å². The molecule has 0 aliphatic carbocycles. The highest BCUT2D eigenvalue weighted by Gasteiger charge is 2.25. The van der Waals surface area contributed by atoms with Crippen LogP contribution in [0.3, 0.4) is 0 Å². The van der Waals surface area contributed by atoms with Crippen molar-refractivity contribution in [3.05, 3.63) is 47.5 Å². The minimum Gasteiger partial charge on any atom is -0.493 e. The first-order valence-corrected chi connectivity index (χ1v) is 10.5. The molecule has 1 saturated heterocycles. The van der Waals surface area contributed by atoms with Crippen molar-refractivity contribution in [2.45, 2.75) is 25.9 Å². The molecule has 1 atom stereocenters. The van der Waals surface area contributed by atoms with Crippen LogP contribution in [-0.2, 0) is 6.54 Å². The van der Waals surface area contributed by atoms with Crippen LogP contribution < -0.4 is 29.7 Å². The van der Waals surface area contributed by atoms with E-state index in [1.54, 1.807) is 21.3 Å². The van der Waals surface area contributed by atoms with E-state index in [9.17, 15) is 8.78 Å². The van der Waals surface area contributed by atoms with Gasteiger partial charge in [0.1, 0.15) is 11.6 Å². The Kier molecular flexibility index (Phi) is 7.97. The van der Waals surface area contributed by atoms with E-state index in [1.807, 2.05) is 24.0 Å². The Hall–Kier alpha value is -3.23. The molecule has 0 bridgehead atoms. The minimum atomic E-state index is -0.575. The lowest BCUT2D eigenvalue weighted by Gasteiger charge is -2.21. The van der Waals surface area contributed by atoms with Gasteiger partial charge in [-0.25, -0.2) is 13.8 Å². The Morgan fingerprint density at radius 3 is 2.41 bits per heavy atom. The smallest absolute Gasteiger partial charge is 0.203 e. The summed E-state index contributed by atoms with van der Waals surface area (Å²) in [5.41, 5.74) is 1.31. The lowest BCUT2D eigenvalue weighted by atomic mass is 10.2. The summed E-state index contributed by atoms with van der Waals surface area (Å²) in [6.07, 6.45) is 0.811. The van der Waals surface area contributed by atoms with Crippen molar-refractivity contribution >= 4 is 11.6 Å². The molecule has 1 fully saturated rings. The van der Waals surface area contributed by atoms with E-state index < -0.39 is 11.6 Å². The van der Waals surface area contributed by atoms with Gasteiger partial charge >= 0.3 is 0 Å². The average molecular weight is 449 g/mol. The summed E-state index contributed by atoms with van der Waals surface area (Å²) in [5.74, 6) is 1.21. The standard InChI is InChI=1S/C23H30F2N4O3/c1-5-26-23(27-13-15-10-20(30-2)22(32-4)21(11-15)31-3)28-17-8-9-29(14-17)19-7-6-16(24)12-18(19)25/h6-7,10-12,17H,5,8-9,13-14H2,1-4H3,(H2,26,27,28). The van der Waals surface area contributed by atoms with E-state index in [0.717, 1.165) is 18.1 Å². The van der Waals surface area contributed by atoms with Crippen LogP contribution in [0.1, 0.15) is 18.9 Å². The molecule has 1 aliphatic heterocycles. The molecule has 0 amide bonds. The molecular weight excluding hydrogens is 418 g/mol. The molecule has 0 saturated carbocycles. The van der Waals surface area contributed by atoms with Gasteiger partial charge in [-0.2, -0.15) is 0 Å². The highest BCUT2D eigenvalue weighted by molar-refractivity contribution is 5.80. The summed E-state index contributed by atoms with van der Waals surface area (Å²) in [6.45, 7) is 4.36. The second-order valence-corrected chi connectivity index (χ2v) is 7.40. The first kappa shape index (κ1) is 23.4. The minimum absolute atomic E-state index is 0.0807. The third-order valence-electron chi connectivity index (χ3n) is 5.27. The third kappa shape index (κ3) is 5.52. The zero-order chi connectivity index (χ0) is 23.1. The quantitative estimate of drug-likeness (QED) is 0.477. The fourth-order valence-electron chi connectivity index (χ4n) is 3.75. The molecule has 1 heterocycles. The van der Waals surface area contributed by atoms with Crippen molar-refractivity contribution in [3.8, 4) is 17.2 Å². The van der Waals surface area contributed by atoms with Crippen molar-refractivity contribution < 1.29 is 23.0 Å².